The predicted molar refractivity (Wildman–Crippen MR) is 69.8 cm³/mol. The van der Waals surface area contributed by atoms with Crippen molar-refractivity contribution in [2.24, 2.45) is 0 Å². The first kappa shape index (κ1) is 12.9. The lowest BCUT2D eigenvalue weighted by atomic mass is 10.1. The number of ether oxygens (including phenoxy) is 1. The minimum Gasteiger partial charge on any atom is -0.444 e. The van der Waals surface area contributed by atoms with Crippen molar-refractivity contribution in [3.8, 4) is 0 Å². The van der Waals surface area contributed by atoms with Crippen LogP contribution in [-0.2, 0) is 11.2 Å². The van der Waals surface area contributed by atoms with Crippen molar-refractivity contribution in [1.29, 1.82) is 0 Å². The molecule has 0 saturated carbocycles. The number of cyclic esters (lactones) is 1. The molecule has 4 nitrogen and oxygen atoms in total. The normalized spacial score (nSPS) is 19.1. The Labute approximate surface area is 107 Å². The van der Waals surface area contributed by atoms with E-state index in [-0.39, 0.29) is 18.8 Å². The van der Waals surface area contributed by atoms with Gasteiger partial charge in [-0.25, -0.2) is 4.79 Å². The Morgan fingerprint density at radius 1 is 1.39 bits per heavy atom. The fourth-order valence-electron chi connectivity index (χ4n) is 2.16. The van der Waals surface area contributed by atoms with Gasteiger partial charge in [0.15, 0.2) is 0 Å². The van der Waals surface area contributed by atoms with Crippen LogP contribution in [0, 0.1) is 0 Å². The standard InChI is InChI=1S/C14H19NO3/c1-2-3-11-4-6-12(7-5-11)15-10-13(8-9-16)18-14(15)17/h4-7,13,16H,2-3,8-10H2,1H3/t13-/m1/s1. The van der Waals surface area contributed by atoms with Gasteiger partial charge in [-0.05, 0) is 24.1 Å². The van der Waals surface area contributed by atoms with E-state index in [0.29, 0.717) is 13.0 Å². The number of carbonyl (C=O) groups is 1. The summed E-state index contributed by atoms with van der Waals surface area (Å²) in [6.07, 6.45) is 2.15. The fraction of sp³-hybridized carbons (Fsp3) is 0.500. The van der Waals surface area contributed by atoms with Crippen LogP contribution in [0.15, 0.2) is 24.3 Å². The maximum Gasteiger partial charge on any atom is 0.414 e. The summed E-state index contributed by atoms with van der Waals surface area (Å²) in [7, 11) is 0. The van der Waals surface area contributed by atoms with E-state index in [1.165, 1.54) is 5.56 Å². The smallest absolute Gasteiger partial charge is 0.414 e. The minimum atomic E-state index is -0.323. The zero-order valence-corrected chi connectivity index (χ0v) is 10.6. The van der Waals surface area contributed by atoms with Gasteiger partial charge in [0.1, 0.15) is 6.10 Å². The van der Waals surface area contributed by atoms with Gasteiger partial charge in [0.25, 0.3) is 0 Å². The third-order valence-electron chi connectivity index (χ3n) is 3.11. The molecule has 1 amide bonds. The van der Waals surface area contributed by atoms with Crippen LogP contribution in [0.2, 0.25) is 0 Å². The van der Waals surface area contributed by atoms with E-state index in [1.54, 1.807) is 4.90 Å². The average Bonchev–Trinajstić information content (AvgIpc) is 2.72. The number of anilines is 1. The predicted octanol–water partition coefficient (Wildman–Crippen LogP) is 2.35. The number of benzene rings is 1. The number of aliphatic hydroxyl groups excluding tert-OH is 1. The molecule has 1 N–H and O–H groups in total. The molecular weight excluding hydrogens is 230 g/mol. The Bertz CT molecular complexity index is 402. The highest BCUT2D eigenvalue weighted by atomic mass is 16.6. The first-order valence-electron chi connectivity index (χ1n) is 6.42. The van der Waals surface area contributed by atoms with Crippen LogP contribution in [0.5, 0.6) is 0 Å². The van der Waals surface area contributed by atoms with Crippen LogP contribution in [0.4, 0.5) is 10.5 Å². The van der Waals surface area contributed by atoms with Gasteiger partial charge in [0.05, 0.1) is 6.54 Å². The van der Waals surface area contributed by atoms with Crippen molar-refractivity contribution in [1.82, 2.24) is 0 Å². The van der Waals surface area contributed by atoms with Gasteiger partial charge in [-0.3, -0.25) is 4.90 Å². The highest BCUT2D eigenvalue weighted by Crippen LogP contribution is 2.23. The van der Waals surface area contributed by atoms with E-state index in [0.717, 1.165) is 18.5 Å². The molecule has 0 spiro atoms. The Morgan fingerprint density at radius 2 is 2.11 bits per heavy atom. The van der Waals surface area contributed by atoms with E-state index in [9.17, 15) is 4.79 Å². The Morgan fingerprint density at radius 3 is 2.72 bits per heavy atom. The largest absolute Gasteiger partial charge is 0.444 e. The van der Waals surface area contributed by atoms with Crippen LogP contribution in [0.1, 0.15) is 25.3 Å². The molecule has 0 bridgehead atoms. The minimum absolute atomic E-state index is 0.0429. The number of hydrogen-bond acceptors (Lipinski definition) is 3. The van der Waals surface area contributed by atoms with Crippen LogP contribution in [0.3, 0.4) is 0 Å². The maximum atomic E-state index is 11.7. The van der Waals surface area contributed by atoms with E-state index in [1.807, 2.05) is 24.3 Å². The molecule has 1 saturated heterocycles. The lowest BCUT2D eigenvalue weighted by Crippen LogP contribution is -2.24. The van der Waals surface area contributed by atoms with E-state index < -0.39 is 0 Å². The van der Waals surface area contributed by atoms with Gasteiger partial charge in [-0.1, -0.05) is 25.5 Å². The number of nitrogens with zero attached hydrogens (tertiary/aromatic N) is 1. The molecule has 1 aliphatic heterocycles. The Hall–Kier alpha value is -1.55. The second-order valence-electron chi connectivity index (χ2n) is 4.55. The number of rotatable bonds is 5. The lowest BCUT2D eigenvalue weighted by Gasteiger charge is -2.13. The topological polar surface area (TPSA) is 49.8 Å². The summed E-state index contributed by atoms with van der Waals surface area (Å²) in [4.78, 5) is 13.3. The molecule has 4 heteroatoms. The van der Waals surface area contributed by atoms with Crippen molar-refractivity contribution < 1.29 is 14.6 Å². The van der Waals surface area contributed by atoms with Crippen molar-refractivity contribution in [3.05, 3.63) is 29.8 Å². The summed E-state index contributed by atoms with van der Waals surface area (Å²) < 4.78 is 5.17. The van der Waals surface area contributed by atoms with Crippen molar-refractivity contribution in [2.75, 3.05) is 18.1 Å². The quantitative estimate of drug-likeness (QED) is 0.871. The highest BCUT2D eigenvalue weighted by Gasteiger charge is 2.31. The van der Waals surface area contributed by atoms with Crippen LogP contribution < -0.4 is 4.90 Å². The molecule has 1 aliphatic rings. The molecule has 0 radical (unpaired) electrons. The summed E-state index contributed by atoms with van der Waals surface area (Å²) in [5.74, 6) is 0. The molecule has 1 heterocycles. The molecule has 0 aliphatic carbocycles. The van der Waals surface area contributed by atoms with Gasteiger partial charge in [-0.2, -0.15) is 0 Å². The van der Waals surface area contributed by atoms with Crippen molar-refractivity contribution >= 4 is 11.8 Å². The second-order valence-corrected chi connectivity index (χ2v) is 4.55. The number of aryl methyl sites for hydroxylation is 1. The summed E-state index contributed by atoms with van der Waals surface area (Å²) in [5, 5.41) is 8.86. The molecular formula is C14H19NO3. The molecule has 1 fully saturated rings. The highest BCUT2D eigenvalue weighted by molar-refractivity contribution is 5.89. The summed E-state index contributed by atoms with van der Waals surface area (Å²) in [6, 6.07) is 8.00. The molecule has 1 atom stereocenters. The van der Waals surface area contributed by atoms with Gasteiger partial charge in [-0.15, -0.1) is 0 Å². The number of aliphatic hydroxyl groups is 1. The van der Waals surface area contributed by atoms with E-state index in [2.05, 4.69) is 6.92 Å². The van der Waals surface area contributed by atoms with Gasteiger partial charge in [0.2, 0.25) is 0 Å². The van der Waals surface area contributed by atoms with E-state index >= 15 is 0 Å². The van der Waals surface area contributed by atoms with Crippen molar-refractivity contribution in [3.63, 3.8) is 0 Å². The first-order valence-corrected chi connectivity index (χ1v) is 6.42. The second kappa shape index (κ2) is 5.87. The SMILES string of the molecule is CCCc1ccc(N2C[C@@H](CCO)OC2=O)cc1. The molecule has 1 aromatic rings. The third kappa shape index (κ3) is 2.82. The average molecular weight is 249 g/mol. The lowest BCUT2D eigenvalue weighted by molar-refractivity contribution is 0.122. The monoisotopic (exact) mass is 249 g/mol. The Balaban J connectivity index is 2.05. The summed E-state index contributed by atoms with van der Waals surface area (Å²) in [6.45, 7) is 2.71. The number of carbonyl (C=O) groups excluding carboxylic acids is 1. The van der Waals surface area contributed by atoms with Crippen LogP contribution >= 0.6 is 0 Å². The van der Waals surface area contributed by atoms with Crippen LogP contribution in [0.25, 0.3) is 0 Å². The van der Waals surface area contributed by atoms with Gasteiger partial charge < -0.3 is 9.84 Å². The summed E-state index contributed by atoms with van der Waals surface area (Å²) >= 11 is 0. The molecule has 18 heavy (non-hydrogen) atoms. The summed E-state index contributed by atoms with van der Waals surface area (Å²) in [5.41, 5.74) is 2.14. The van der Waals surface area contributed by atoms with Gasteiger partial charge in [0, 0.05) is 18.7 Å². The molecule has 1 aromatic carbocycles. The molecule has 98 valence electrons. The number of hydrogen-bond donors (Lipinski definition) is 1. The molecule has 0 aromatic heterocycles. The molecule has 2 rings (SSSR count). The van der Waals surface area contributed by atoms with Crippen LogP contribution in [-0.4, -0.2) is 30.5 Å². The van der Waals surface area contributed by atoms with E-state index in [4.69, 9.17) is 9.84 Å². The number of amides is 1. The molecule has 0 unspecified atom stereocenters. The van der Waals surface area contributed by atoms with Gasteiger partial charge >= 0.3 is 6.09 Å². The third-order valence-corrected chi connectivity index (χ3v) is 3.11. The zero-order chi connectivity index (χ0) is 13.0. The maximum absolute atomic E-state index is 11.7. The Kier molecular flexibility index (Phi) is 4.20. The fourth-order valence-corrected chi connectivity index (χ4v) is 2.16. The zero-order valence-electron chi connectivity index (χ0n) is 10.6. The van der Waals surface area contributed by atoms with Crippen molar-refractivity contribution in [2.45, 2.75) is 32.3 Å². The first-order chi connectivity index (χ1) is 8.74.